The van der Waals surface area contributed by atoms with E-state index >= 15 is 0 Å². The number of hydrogen-bond donors (Lipinski definition) is 1. The average molecular weight is 273 g/mol. The fourth-order valence-electron chi connectivity index (χ4n) is 2.16. The van der Waals surface area contributed by atoms with Gasteiger partial charge in [-0.1, -0.05) is 26.0 Å². The third kappa shape index (κ3) is 4.82. The molecule has 1 aromatic heterocycles. The zero-order valence-electron chi connectivity index (χ0n) is 12.8. The molecule has 1 unspecified atom stereocenters. The predicted octanol–water partition coefficient (Wildman–Crippen LogP) is 3.71. The first-order valence-corrected chi connectivity index (χ1v) is 7.42. The molecule has 0 amide bonds. The van der Waals surface area contributed by atoms with Crippen molar-refractivity contribution in [1.29, 1.82) is 0 Å². The van der Waals surface area contributed by atoms with Crippen LogP contribution in [0.25, 0.3) is 0 Å². The fourth-order valence-corrected chi connectivity index (χ4v) is 2.16. The van der Waals surface area contributed by atoms with E-state index in [9.17, 15) is 0 Å². The second-order valence-electron chi connectivity index (χ2n) is 4.84. The van der Waals surface area contributed by atoms with E-state index in [0.717, 1.165) is 43.9 Å². The second kappa shape index (κ2) is 9.32. The van der Waals surface area contributed by atoms with Crippen molar-refractivity contribution in [3.8, 4) is 0 Å². The van der Waals surface area contributed by atoms with E-state index in [4.69, 9.17) is 0 Å². The highest BCUT2D eigenvalue weighted by Crippen LogP contribution is 2.18. The highest BCUT2D eigenvalue weighted by molar-refractivity contribution is 5.46. The smallest absolute Gasteiger partial charge is 0.0574 e. The zero-order valence-corrected chi connectivity index (χ0v) is 12.8. The second-order valence-corrected chi connectivity index (χ2v) is 4.84. The van der Waals surface area contributed by atoms with Gasteiger partial charge in [-0.15, -0.1) is 13.2 Å². The van der Waals surface area contributed by atoms with Gasteiger partial charge in [-0.25, -0.2) is 0 Å². The molecule has 1 N–H and O–H groups in total. The number of aromatic nitrogens is 1. The molecular formula is C17H27N3. The van der Waals surface area contributed by atoms with Crippen molar-refractivity contribution in [2.24, 2.45) is 0 Å². The predicted molar refractivity (Wildman–Crippen MR) is 88.2 cm³/mol. The largest absolute Gasteiger partial charge is 0.363 e. The van der Waals surface area contributed by atoms with E-state index in [0.29, 0.717) is 6.04 Å². The lowest BCUT2D eigenvalue weighted by atomic mass is 10.1. The molecule has 0 radical (unpaired) electrons. The molecule has 0 spiro atoms. The molecule has 1 aromatic rings. The molecule has 0 saturated carbocycles. The lowest BCUT2D eigenvalue weighted by Crippen LogP contribution is -2.24. The minimum Gasteiger partial charge on any atom is -0.363 e. The summed E-state index contributed by atoms with van der Waals surface area (Å²) >= 11 is 0. The molecule has 0 fully saturated rings. The molecule has 0 aliphatic heterocycles. The monoisotopic (exact) mass is 273 g/mol. The number of nitrogens with zero attached hydrogens (tertiary/aromatic N) is 2. The molecule has 20 heavy (non-hydrogen) atoms. The van der Waals surface area contributed by atoms with Crippen LogP contribution in [0.1, 0.15) is 38.4 Å². The highest BCUT2D eigenvalue weighted by Gasteiger charge is 2.10. The third-order valence-electron chi connectivity index (χ3n) is 3.24. The van der Waals surface area contributed by atoms with Crippen molar-refractivity contribution in [2.75, 3.05) is 24.5 Å². The molecule has 0 saturated heterocycles. The highest BCUT2D eigenvalue weighted by atomic mass is 15.1. The Bertz CT molecular complexity index is 387. The maximum atomic E-state index is 4.62. The molecule has 1 atom stereocenters. The lowest BCUT2D eigenvalue weighted by Gasteiger charge is -2.22. The summed E-state index contributed by atoms with van der Waals surface area (Å²) in [4.78, 5) is 6.81. The van der Waals surface area contributed by atoms with Gasteiger partial charge in [0.25, 0.3) is 0 Å². The SMILES string of the molecule is C=CCN(CC=C)c1ccc(C(CC)NCCC)nc1. The Balaban J connectivity index is 2.79. The molecule has 0 bridgehead atoms. The zero-order chi connectivity index (χ0) is 14.8. The lowest BCUT2D eigenvalue weighted by molar-refractivity contribution is 0.507. The molecule has 0 aliphatic rings. The quantitative estimate of drug-likeness (QED) is 0.659. The van der Waals surface area contributed by atoms with Crippen LogP contribution in [0.4, 0.5) is 5.69 Å². The first-order valence-electron chi connectivity index (χ1n) is 7.42. The van der Waals surface area contributed by atoms with Crippen LogP contribution >= 0.6 is 0 Å². The number of nitrogens with one attached hydrogen (secondary N) is 1. The van der Waals surface area contributed by atoms with Gasteiger partial charge in [0.2, 0.25) is 0 Å². The van der Waals surface area contributed by atoms with Gasteiger partial charge in [0.05, 0.1) is 17.6 Å². The van der Waals surface area contributed by atoms with Gasteiger partial charge in [-0.05, 0) is 31.5 Å². The van der Waals surface area contributed by atoms with Crippen molar-refractivity contribution in [3.05, 3.63) is 49.3 Å². The van der Waals surface area contributed by atoms with E-state index in [1.807, 2.05) is 18.3 Å². The summed E-state index contributed by atoms with van der Waals surface area (Å²) in [6.45, 7) is 14.6. The Morgan fingerprint density at radius 2 is 1.95 bits per heavy atom. The minimum absolute atomic E-state index is 0.344. The summed E-state index contributed by atoms with van der Waals surface area (Å²) in [6, 6.07) is 4.59. The van der Waals surface area contributed by atoms with E-state index in [2.05, 4.69) is 54.3 Å². The van der Waals surface area contributed by atoms with E-state index < -0.39 is 0 Å². The Morgan fingerprint density at radius 1 is 1.25 bits per heavy atom. The summed E-state index contributed by atoms with van der Waals surface area (Å²) in [6.07, 6.45) is 7.93. The van der Waals surface area contributed by atoms with Crippen LogP contribution < -0.4 is 10.2 Å². The molecule has 1 rings (SSSR count). The van der Waals surface area contributed by atoms with Gasteiger partial charge in [0.1, 0.15) is 0 Å². The van der Waals surface area contributed by atoms with Crippen LogP contribution in [-0.2, 0) is 0 Å². The first-order chi connectivity index (χ1) is 9.76. The Morgan fingerprint density at radius 3 is 2.40 bits per heavy atom. The Kier molecular flexibility index (Phi) is 7.66. The normalized spacial score (nSPS) is 11.9. The van der Waals surface area contributed by atoms with Crippen molar-refractivity contribution < 1.29 is 0 Å². The topological polar surface area (TPSA) is 28.2 Å². The van der Waals surface area contributed by atoms with E-state index in [1.54, 1.807) is 0 Å². The molecule has 0 aromatic carbocycles. The standard InChI is InChI=1S/C17H27N3/c1-5-11-18-16(8-4)17-10-9-15(14-19-17)20(12-6-2)13-7-3/h6-7,9-10,14,16,18H,2-3,5,8,11-13H2,1,4H3. The summed E-state index contributed by atoms with van der Waals surface area (Å²) in [5.74, 6) is 0. The molecule has 0 aliphatic carbocycles. The molecular weight excluding hydrogens is 246 g/mol. The maximum absolute atomic E-state index is 4.62. The average Bonchev–Trinajstić information content (AvgIpc) is 2.48. The van der Waals surface area contributed by atoms with Crippen molar-refractivity contribution in [2.45, 2.75) is 32.7 Å². The van der Waals surface area contributed by atoms with Crippen LogP contribution in [0.15, 0.2) is 43.6 Å². The fraction of sp³-hybridized carbons (Fsp3) is 0.471. The maximum Gasteiger partial charge on any atom is 0.0574 e. The summed E-state index contributed by atoms with van der Waals surface area (Å²) < 4.78 is 0. The number of pyridine rings is 1. The summed E-state index contributed by atoms with van der Waals surface area (Å²) in [5.41, 5.74) is 2.22. The minimum atomic E-state index is 0.344. The van der Waals surface area contributed by atoms with Gasteiger partial charge in [-0.3, -0.25) is 4.98 Å². The molecule has 3 nitrogen and oxygen atoms in total. The van der Waals surface area contributed by atoms with Crippen molar-refractivity contribution in [3.63, 3.8) is 0 Å². The van der Waals surface area contributed by atoms with Gasteiger partial charge in [-0.2, -0.15) is 0 Å². The van der Waals surface area contributed by atoms with Crippen molar-refractivity contribution >= 4 is 5.69 Å². The molecule has 3 heteroatoms. The summed E-state index contributed by atoms with van der Waals surface area (Å²) in [5, 5.41) is 3.53. The van der Waals surface area contributed by atoms with Gasteiger partial charge in [0, 0.05) is 19.1 Å². The van der Waals surface area contributed by atoms with E-state index in [1.165, 1.54) is 0 Å². The van der Waals surface area contributed by atoms with Crippen LogP contribution in [0, 0.1) is 0 Å². The van der Waals surface area contributed by atoms with Crippen LogP contribution in [0.3, 0.4) is 0 Å². The summed E-state index contributed by atoms with van der Waals surface area (Å²) in [7, 11) is 0. The van der Waals surface area contributed by atoms with Gasteiger partial charge in [0.15, 0.2) is 0 Å². The Labute approximate surface area is 123 Å². The molecule has 1 heterocycles. The van der Waals surface area contributed by atoms with E-state index in [-0.39, 0.29) is 0 Å². The molecule has 110 valence electrons. The van der Waals surface area contributed by atoms with Crippen LogP contribution in [0.5, 0.6) is 0 Å². The number of anilines is 1. The number of hydrogen-bond acceptors (Lipinski definition) is 3. The van der Waals surface area contributed by atoms with Gasteiger partial charge < -0.3 is 10.2 Å². The van der Waals surface area contributed by atoms with Gasteiger partial charge >= 0.3 is 0 Å². The van der Waals surface area contributed by atoms with Crippen LogP contribution in [0.2, 0.25) is 0 Å². The number of rotatable bonds is 10. The van der Waals surface area contributed by atoms with Crippen molar-refractivity contribution in [1.82, 2.24) is 10.3 Å². The van der Waals surface area contributed by atoms with Crippen LogP contribution in [-0.4, -0.2) is 24.6 Å². The Hall–Kier alpha value is -1.61. The first kappa shape index (κ1) is 16.4. The third-order valence-corrected chi connectivity index (χ3v) is 3.24.